The van der Waals surface area contributed by atoms with Gasteiger partial charge < -0.3 is 16.4 Å². The van der Waals surface area contributed by atoms with Crippen LogP contribution in [-0.4, -0.2) is 29.8 Å². The van der Waals surface area contributed by atoms with E-state index in [-0.39, 0.29) is 17.2 Å². The van der Waals surface area contributed by atoms with E-state index < -0.39 is 22.8 Å². The summed E-state index contributed by atoms with van der Waals surface area (Å²) in [6.07, 6.45) is 0. The molecule has 0 bridgehead atoms. The summed E-state index contributed by atoms with van der Waals surface area (Å²) < 4.78 is 0. The Morgan fingerprint density at radius 2 is 1.95 bits per heavy atom. The van der Waals surface area contributed by atoms with Crippen molar-refractivity contribution in [3.63, 3.8) is 0 Å². The average Bonchev–Trinajstić information content (AvgIpc) is 2.42. The Hall–Kier alpha value is -2.64. The third-order valence-corrected chi connectivity index (χ3v) is 2.99. The molecule has 21 heavy (non-hydrogen) atoms. The summed E-state index contributed by atoms with van der Waals surface area (Å²) in [6, 6.07) is 3.03. The van der Waals surface area contributed by atoms with Crippen molar-refractivity contribution in [1.29, 1.82) is 0 Å². The van der Waals surface area contributed by atoms with Gasteiger partial charge in [-0.2, -0.15) is 0 Å². The number of nitrogens with zero attached hydrogens (tertiary/aromatic N) is 1. The number of nitrogens with two attached hydrogens (primary N) is 1. The van der Waals surface area contributed by atoms with Gasteiger partial charge >= 0.3 is 0 Å². The van der Waals surface area contributed by atoms with Crippen LogP contribution in [0.4, 0.5) is 11.4 Å². The first kappa shape index (κ1) is 16.4. The van der Waals surface area contributed by atoms with E-state index in [9.17, 15) is 19.7 Å². The Morgan fingerprint density at radius 1 is 1.33 bits per heavy atom. The van der Waals surface area contributed by atoms with Crippen molar-refractivity contribution in [2.75, 3.05) is 12.4 Å². The Kier molecular flexibility index (Phi) is 5.23. The lowest BCUT2D eigenvalue weighted by Crippen LogP contribution is -2.47. The van der Waals surface area contributed by atoms with Gasteiger partial charge in [-0.25, -0.2) is 0 Å². The molecule has 0 aliphatic carbocycles. The minimum absolute atomic E-state index is 0.0820. The monoisotopic (exact) mass is 294 g/mol. The van der Waals surface area contributed by atoms with Crippen LogP contribution in [0.1, 0.15) is 24.2 Å². The van der Waals surface area contributed by atoms with Crippen molar-refractivity contribution >= 4 is 23.2 Å². The highest BCUT2D eigenvalue weighted by molar-refractivity contribution is 6.02. The van der Waals surface area contributed by atoms with Gasteiger partial charge in [0.05, 0.1) is 10.5 Å². The third kappa shape index (κ3) is 3.91. The number of primary amides is 1. The van der Waals surface area contributed by atoms with E-state index >= 15 is 0 Å². The zero-order valence-corrected chi connectivity index (χ0v) is 12.0. The number of amides is 2. The fraction of sp³-hybridized carbons (Fsp3) is 0.385. The Morgan fingerprint density at radius 3 is 2.38 bits per heavy atom. The summed E-state index contributed by atoms with van der Waals surface area (Å²) in [6.45, 7) is 3.48. The second-order valence-corrected chi connectivity index (χ2v) is 4.83. The van der Waals surface area contributed by atoms with Gasteiger partial charge in [-0.15, -0.1) is 0 Å². The molecule has 0 aliphatic rings. The maximum atomic E-state index is 12.2. The van der Waals surface area contributed by atoms with Crippen molar-refractivity contribution in [1.82, 2.24) is 5.32 Å². The summed E-state index contributed by atoms with van der Waals surface area (Å²) in [4.78, 5) is 33.8. The van der Waals surface area contributed by atoms with Crippen LogP contribution < -0.4 is 16.4 Å². The Labute approximate surface area is 121 Å². The van der Waals surface area contributed by atoms with E-state index in [1.54, 1.807) is 20.9 Å². The van der Waals surface area contributed by atoms with Gasteiger partial charge in [0.1, 0.15) is 6.04 Å². The number of carbonyl (C=O) groups excluding carboxylic acids is 2. The number of nitrogens with one attached hydrogen (secondary N) is 2. The largest absolute Gasteiger partial charge is 0.387 e. The van der Waals surface area contributed by atoms with Crippen LogP contribution in [0.3, 0.4) is 0 Å². The van der Waals surface area contributed by atoms with Crippen LogP contribution >= 0.6 is 0 Å². The molecule has 0 radical (unpaired) electrons. The van der Waals surface area contributed by atoms with Gasteiger partial charge in [-0.1, -0.05) is 13.8 Å². The Bertz CT molecular complexity index is 571. The SMILES string of the molecule is CNc1ccc([N+](=O)[O-])cc1C(=O)NC(C(N)=O)C(C)C. The molecular formula is C13H18N4O4. The minimum Gasteiger partial charge on any atom is -0.387 e. The topological polar surface area (TPSA) is 127 Å². The zero-order chi connectivity index (χ0) is 16.2. The molecule has 8 heteroatoms. The van der Waals surface area contributed by atoms with Gasteiger partial charge in [0, 0.05) is 24.9 Å². The molecule has 0 saturated carbocycles. The first-order chi connectivity index (χ1) is 9.77. The summed E-state index contributed by atoms with van der Waals surface area (Å²) in [5.74, 6) is -1.45. The molecule has 1 unspecified atom stereocenters. The number of hydrogen-bond donors (Lipinski definition) is 3. The molecule has 0 heterocycles. The van der Waals surface area contributed by atoms with E-state index in [2.05, 4.69) is 10.6 Å². The maximum Gasteiger partial charge on any atom is 0.270 e. The predicted molar refractivity (Wildman–Crippen MR) is 77.9 cm³/mol. The lowest BCUT2D eigenvalue weighted by Gasteiger charge is -2.19. The predicted octanol–water partition coefficient (Wildman–Crippen LogP) is 0.876. The minimum atomic E-state index is -0.846. The fourth-order valence-corrected chi connectivity index (χ4v) is 1.84. The molecule has 1 rings (SSSR count). The quantitative estimate of drug-likeness (QED) is 0.530. The lowest BCUT2D eigenvalue weighted by atomic mass is 10.0. The summed E-state index contributed by atoms with van der Waals surface area (Å²) >= 11 is 0. The number of non-ortho nitro benzene ring substituents is 1. The first-order valence-corrected chi connectivity index (χ1v) is 6.34. The zero-order valence-electron chi connectivity index (χ0n) is 12.0. The highest BCUT2D eigenvalue weighted by Gasteiger charge is 2.24. The number of hydrogen-bond acceptors (Lipinski definition) is 5. The van der Waals surface area contributed by atoms with Crippen LogP contribution in [-0.2, 0) is 4.79 Å². The number of rotatable bonds is 6. The second-order valence-electron chi connectivity index (χ2n) is 4.83. The molecule has 114 valence electrons. The summed E-state index contributed by atoms with van der Waals surface area (Å²) in [5.41, 5.74) is 5.53. The van der Waals surface area contributed by atoms with E-state index in [4.69, 9.17) is 5.73 Å². The van der Waals surface area contributed by atoms with Gasteiger partial charge in [0.2, 0.25) is 5.91 Å². The van der Waals surface area contributed by atoms with Gasteiger partial charge in [-0.05, 0) is 12.0 Å². The molecular weight excluding hydrogens is 276 g/mol. The van der Waals surface area contributed by atoms with Crippen molar-refractivity contribution in [3.8, 4) is 0 Å². The molecule has 0 spiro atoms. The normalized spacial score (nSPS) is 11.8. The molecule has 1 atom stereocenters. The van der Waals surface area contributed by atoms with Crippen LogP contribution in [0.5, 0.6) is 0 Å². The molecule has 0 aromatic heterocycles. The average molecular weight is 294 g/mol. The molecule has 4 N–H and O–H groups in total. The van der Waals surface area contributed by atoms with Crippen LogP contribution in [0.15, 0.2) is 18.2 Å². The number of benzene rings is 1. The van der Waals surface area contributed by atoms with E-state index in [1.807, 2.05) is 0 Å². The molecule has 0 fully saturated rings. The molecule has 0 aliphatic heterocycles. The standard InChI is InChI=1S/C13H18N4O4/c1-7(2)11(12(14)18)16-13(19)9-6-8(17(20)21)4-5-10(9)15-3/h4-7,11,15H,1-3H3,(H2,14,18)(H,16,19). The molecule has 0 saturated heterocycles. The van der Waals surface area contributed by atoms with Crippen LogP contribution in [0, 0.1) is 16.0 Å². The highest BCUT2D eigenvalue weighted by atomic mass is 16.6. The molecule has 8 nitrogen and oxygen atoms in total. The number of nitro benzene ring substituents is 1. The number of anilines is 1. The number of carbonyl (C=O) groups is 2. The summed E-state index contributed by atoms with van der Waals surface area (Å²) in [7, 11) is 1.59. The van der Waals surface area contributed by atoms with Gasteiger partial charge in [0.25, 0.3) is 11.6 Å². The van der Waals surface area contributed by atoms with Crippen LogP contribution in [0.25, 0.3) is 0 Å². The highest BCUT2D eigenvalue weighted by Crippen LogP contribution is 2.22. The van der Waals surface area contributed by atoms with Crippen molar-refractivity contribution in [2.24, 2.45) is 11.7 Å². The molecule has 1 aromatic carbocycles. The third-order valence-electron chi connectivity index (χ3n) is 2.99. The molecule has 2 amide bonds. The van der Waals surface area contributed by atoms with Crippen molar-refractivity contribution in [2.45, 2.75) is 19.9 Å². The van der Waals surface area contributed by atoms with Crippen LogP contribution in [0.2, 0.25) is 0 Å². The van der Waals surface area contributed by atoms with Crippen molar-refractivity contribution < 1.29 is 14.5 Å². The number of nitro groups is 1. The smallest absolute Gasteiger partial charge is 0.270 e. The van der Waals surface area contributed by atoms with Crippen molar-refractivity contribution in [3.05, 3.63) is 33.9 Å². The maximum absolute atomic E-state index is 12.2. The van der Waals surface area contributed by atoms with Gasteiger partial charge in [-0.3, -0.25) is 19.7 Å². The van der Waals surface area contributed by atoms with E-state index in [0.717, 1.165) is 6.07 Å². The first-order valence-electron chi connectivity index (χ1n) is 6.34. The molecule has 1 aromatic rings. The summed E-state index contributed by atoms with van der Waals surface area (Å²) in [5, 5.41) is 16.1. The fourth-order valence-electron chi connectivity index (χ4n) is 1.84. The van der Waals surface area contributed by atoms with E-state index in [1.165, 1.54) is 12.1 Å². The Balaban J connectivity index is 3.13. The lowest BCUT2D eigenvalue weighted by molar-refractivity contribution is -0.384. The second kappa shape index (κ2) is 6.69. The van der Waals surface area contributed by atoms with E-state index in [0.29, 0.717) is 5.69 Å². The van der Waals surface area contributed by atoms with Gasteiger partial charge in [0.15, 0.2) is 0 Å².